The number of benzene rings is 1. The molecular weight excluding hydrogens is 316 g/mol. The molecule has 3 N–H and O–H groups in total. The zero-order chi connectivity index (χ0) is 14.6. The van der Waals surface area contributed by atoms with Gasteiger partial charge in [0.25, 0.3) is 0 Å². The quantitative estimate of drug-likeness (QED) is 0.862. The molecule has 1 aromatic rings. The summed E-state index contributed by atoms with van der Waals surface area (Å²) in [6, 6.07) is 8.21. The molecule has 20 heavy (non-hydrogen) atoms. The molecule has 1 aromatic carbocycles. The first-order valence-electron chi connectivity index (χ1n) is 7.38. The highest BCUT2D eigenvalue weighted by atomic mass is 79.9. The molecule has 1 unspecified atom stereocenters. The van der Waals surface area contributed by atoms with Crippen LogP contribution in [0.25, 0.3) is 0 Å². The first kappa shape index (κ1) is 15.5. The summed E-state index contributed by atoms with van der Waals surface area (Å²) in [7, 11) is 0. The molecule has 1 amide bonds. The Morgan fingerprint density at radius 3 is 2.45 bits per heavy atom. The molecule has 1 fully saturated rings. The number of carbonyl (C=O) groups is 1. The normalized spacial score (nSPS) is 18.8. The number of hydrogen-bond donors (Lipinski definition) is 2. The Bertz CT molecular complexity index is 452. The van der Waals surface area contributed by atoms with Crippen molar-refractivity contribution in [3.05, 3.63) is 34.3 Å². The van der Waals surface area contributed by atoms with Crippen LogP contribution in [0.4, 0.5) is 0 Å². The summed E-state index contributed by atoms with van der Waals surface area (Å²) in [4.78, 5) is 12.6. The van der Waals surface area contributed by atoms with Crippen molar-refractivity contribution in [3.8, 4) is 0 Å². The summed E-state index contributed by atoms with van der Waals surface area (Å²) in [5.41, 5.74) is 6.70. The number of amides is 1. The minimum Gasteiger partial charge on any atom is -0.349 e. The van der Waals surface area contributed by atoms with E-state index in [-0.39, 0.29) is 17.4 Å². The lowest BCUT2D eigenvalue weighted by atomic mass is 9.84. The minimum atomic E-state index is -0.331. The van der Waals surface area contributed by atoms with Gasteiger partial charge in [-0.2, -0.15) is 0 Å². The molecule has 1 saturated carbocycles. The highest BCUT2D eigenvalue weighted by Gasteiger charge is 2.40. The number of nitrogens with one attached hydrogen (secondary N) is 1. The Morgan fingerprint density at radius 1 is 1.35 bits per heavy atom. The molecule has 0 aliphatic heterocycles. The smallest absolute Gasteiger partial charge is 0.227 e. The number of halogens is 1. The van der Waals surface area contributed by atoms with Gasteiger partial charge in [-0.1, -0.05) is 47.8 Å². The van der Waals surface area contributed by atoms with Crippen LogP contribution < -0.4 is 11.1 Å². The van der Waals surface area contributed by atoms with Crippen LogP contribution in [0.5, 0.6) is 0 Å². The molecule has 0 heterocycles. The predicted octanol–water partition coefficient (Wildman–Crippen LogP) is 3.54. The largest absolute Gasteiger partial charge is 0.349 e. The van der Waals surface area contributed by atoms with Crippen molar-refractivity contribution in [3.63, 3.8) is 0 Å². The van der Waals surface area contributed by atoms with Crippen molar-refractivity contribution in [1.82, 2.24) is 5.32 Å². The van der Waals surface area contributed by atoms with E-state index in [9.17, 15) is 4.79 Å². The number of nitrogens with two attached hydrogens (primary N) is 1. The molecule has 4 heteroatoms. The average molecular weight is 339 g/mol. The van der Waals surface area contributed by atoms with Crippen molar-refractivity contribution in [2.75, 3.05) is 6.54 Å². The maximum Gasteiger partial charge on any atom is 0.227 e. The van der Waals surface area contributed by atoms with Crippen LogP contribution in [-0.4, -0.2) is 12.5 Å². The summed E-state index contributed by atoms with van der Waals surface area (Å²) < 4.78 is 1.05. The van der Waals surface area contributed by atoms with Crippen LogP contribution in [0.1, 0.15) is 50.6 Å². The summed E-state index contributed by atoms with van der Waals surface area (Å²) in [6.45, 7) is 2.55. The van der Waals surface area contributed by atoms with Gasteiger partial charge >= 0.3 is 0 Å². The highest BCUT2D eigenvalue weighted by molar-refractivity contribution is 9.10. The van der Waals surface area contributed by atoms with Crippen molar-refractivity contribution < 1.29 is 4.79 Å². The summed E-state index contributed by atoms with van der Waals surface area (Å²) in [6.07, 6.45) is 4.95. The van der Waals surface area contributed by atoms with E-state index in [0.29, 0.717) is 6.54 Å². The van der Waals surface area contributed by atoms with E-state index in [0.717, 1.165) is 42.1 Å². The van der Waals surface area contributed by atoms with Crippen LogP contribution in [0.15, 0.2) is 28.7 Å². The second-order valence-corrected chi connectivity index (χ2v) is 6.59. The first-order valence-corrected chi connectivity index (χ1v) is 8.17. The number of carbonyl (C=O) groups excluding carboxylic acids is 1. The van der Waals surface area contributed by atoms with E-state index in [2.05, 4.69) is 40.3 Å². The summed E-state index contributed by atoms with van der Waals surface area (Å²) in [5, 5.41) is 3.20. The van der Waals surface area contributed by atoms with E-state index < -0.39 is 0 Å². The minimum absolute atomic E-state index is 0.0691. The fourth-order valence-electron chi connectivity index (χ4n) is 3.00. The van der Waals surface area contributed by atoms with E-state index in [1.165, 1.54) is 0 Å². The van der Waals surface area contributed by atoms with Gasteiger partial charge in [-0.15, -0.1) is 0 Å². The van der Waals surface area contributed by atoms with Crippen molar-refractivity contribution in [1.29, 1.82) is 0 Å². The van der Waals surface area contributed by atoms with E-state index in [1.807, 2.05) is 12.1 Å². The Labute approximate surface area is 129 Å². The van der Waals surface area contributed by atoms with Crippen LogP contribution >= 0.6 is 15.9 Å². The molecule has 0 bridgehead atoms. The Hall–Kier alpha value is -0.870. The second-order valence-electron chi connectivity index (χ2n) is 5.68. The zero-order valence-electron chi connectivity index (χ0n) is 12.0. The fourth-order valence-corrected chi connectivity index (χ4v) is 3.27. The Balaban J connectivity index is 2.09. The van der Waals surface area contributed by atoms with Gasteiger partial charge in [0.1, 0.15) is 0 Å². The van der Waals surface area contributed by atoms with Crippen molar-refractivity contribution in [2.24, 2.45) is 11.1 Å². The monoisotopic (exact) mass is 338 g/mol. The molecule has 0 radical (unpaired) electrons. The number of hydrogen-bond acceptors (Lipinski definition) is 2. The van der Waals surface area contributed by atoms with Crippen molar-refractivity contribution >= 4 is 21.8 Å². The van der Waals surface area contributed by atoms with Crippen LogP contribution in [0.3, 0.4) is 0 Å². The third kappa shape index (κ3) is 3.23. The molecule has 3 nitrogen and oxygen atoms in total. The molecule has 0 saturated heterocycles. The number of rotatable bonds is 5. The van der Waals surface area contributed by atoms with Gasteiger partial charge in [0, 0.05) is 11.0 Å². The van der Waals surface area contributed by atoms with Gasteiger partial charge in [0.2, 0.25) is 5.91 Å². The van der Waals surface area contributed by atoms with Crippen LogP contribution in [-0.2, 0) is 4.79 Å². The molecular formula is C16H23BrN2O. The molecule has 1 aliphatic carbocycles. The van der Waals surface area contributed by atoms with Gasteiger partial charge in [-0.3, -0.25) is 4.79 Å². The molecule has 1 atom stereocenters. The van der Waals surface area contributed by atoms with E-state index in [4.69, 9.17) is 5.73 Å². The second kappa shape index (κ2) is 6.72. The lowest BCUT2D eigenvalue weighted by Crippen LogP contribution is -2.45. The molecule has 110 valence electrons. The van der Waals surface area contributed by atoms with Gasteiger partial charge in [0.15, 0.2) is 0 Å². The van der Waals surface area contributed by atoms with E-state index in [1.54, 1.807) is 0 Å². The first-order chi connectivity index (χ1) is 9.61. The third-order valence-electron chi connectivity index (χ3n) is 4.42. The third-order valence-corrected chi connectivity index (χ3v) is 4.95. The average Bonchev–Trinajstić information content (AvgIpc) is 2.96. The molecule has 0 spiro atoms. The molecule has 2 rings (SSSR count). The predicted molar refractivity (Wildman–Crippen MR) is 85.3 cm³/mol. The highest BCUT2D eigenvalue weighted by Crippen LogP contribution is 2.38. The summed E-state index contributed by atoms with van der Waals surface area (Å²) >= 11 is 3.44. The van der Waals surface area contributed by atoms with Crippen molar-refractivity contribution in [2.45, 2.75) is 45.1 Å². The van der Waals surface area contributed by atoms with Gasteiger partial charge < -0.3 is 11.1 Å². The standard InChI is InChI=1S/C16H23BrN2O/c1-2-14(12-5-7-13(17)8-6-12)19-15(20)16(11-18)9-3-4-10-16/h5-8,14H,2-4,9-11,18H2,1H3,(H,19,20). The van der Waals surface area contributed by atoms with E-state index >= 15 is 0 Å². The zero-order valence-corrected chi connectivity index (χ0v) is 13.6. The van der Waals surface area contributed by atoms with Gasteiger partial charge in [-0.25, -0.2) is 0 Å². The molecule has 1 aliphatic rings. The van der Waals surface area contributed by atoms with Gasteiger partial charge in [-0.05, 0) is 37.0 Å². The fraction of sp³-hybridized carbons (Fsp3) is 0.562. The van der Waals surface area contributed by atoms with Crippen LogP contribution in [0.2, 0.25) is 0 Å². The molecule has 0 aromatic heterocycles. The Morgan fingerprint density at radius 2 is 1.95 bits per heavy atom. The maximum atomic E-state index is 12.6. The lowest BCUT2D eigenvalue weighted by Gasteiger charge is -2.29. The SMILES string of the molecule is CCC(NC(=O)C1(CN)CCCC1)c1ccc(Br)cc1. The van der Waals surface area contributed by atoms with Gasteiger partial charge in [0.05, 0.1) is 11.5 Å². The topological polar surface area (TPSA) is 55.1 Å². The summed E-state index contributed by atoms with van der Waals surface area (Å²) in [5.74, 6) is 0.132. The van der Waals surface area contributed by atoms with Crippen LogP contribution in [0, 0.1) is 5.41 Å². The Kier molecular flexibility index (Phi) is 5.22. The maximum absolute atomic E-state index is 12.6. The lowest BCUT2D eigenvalue weighted by molar-refractivity contribution is -0.131.